The Bertz CT molecular complexity index is 1260. The van der Waals surface area contributed by atoms with Crippen molar-refractivity contribution in [2.45, 2.75) is 36.7 Å². The van der Waals surface area contributed by atoms with E-state index in [2.05, 4.69) is 19.9 Å². The molecular weight excluding hydrogens is 454 g/mol. The van der Waals surface area contributed by atoms with Crippen LogP contribution in [0.3, 0.4) is 0 Å². The Balaban J connectivity index is 1.40. The van der Waals surface area contributed by atoms with Crippen LogP contribution < -0.4 is 4.72 Å². The summed E-state index contributed by atoms with van der Waals surface area (Å²) in [4.78, 5) is 18.8. The number of sulfonamides is 1. The van der Waals surface area contributed by atoms with Crippen molar-refractivity contribution in [3.8, 4) is 0 Å². The number of H-pyrrole nitrogens is 1. The average Bonchev–Trinajstić information content (AvgIpc) is 3.32. The minimum atomic E-state index is -3.85. The van der Waals surface area contributed by atoms with Crippen molar-refractivity contribution in [3.63, 3.8) is 0 Å². The van der Waals surface area contributed by atoms with E-state index in [-0.39, 0.29) is 10.8 Å². The number of anilines is 1. The Morgan fingerprint density at radius 1 is 1.21 bits per heavy atom. The summed E-state index contributed by atoms with van der Waals surface area (Å²) in [5.41, 5.74) is 1.23. The second kappa shape index (κ2) is 9.78. The van der Waals surface area contributed by atoms with E-state index in [0.717, 1.165) is 5.56 Å². The van der Waals surface area contributed by atoms with Gasteiger partial charge in [-0.25, -0.2) is 8.42 Å². The number of aromatic amines is 1. The fourth-order valence-corrected chi connectivity index (χ4v) is 5.27. The molecule has 1 aliphatic heterocycles. The number of amides is 1. The lowest BCUT2D eigenvalue weighted by molar-refractivity contribution is -0.0162. The van der Waals surface area contributed by atoms with Gasteiger partial charge in [0.2, 0.25) is 0 Å². The molecule has 0 aliphatic carbocycles. The van der Waals surface area contributed by atoms with E-state index in [4.69, 9.17) is 0 Å². The van der Waals surface area contributed by atoms with Crippen LogP contribution in [0.2, 0.25) is 0 Å². The minimum absolute atomic E-state index is 0.0736. The molecule has 10 heteroatoms. The molecule has 2 heterocycles. The fourth-order valence-electron chi connectivity index (χ4n) is 4.06. The van der Waals surface area contributed by atoms with Gasteiger partial charge in [0.05, 0.1) is 17.5 Å². The summed E-state index contributed by atoms with van der Waals surface area (Å²) in [6, 6.07) is 12.8. The standard InChI is InChI=1S/C24H27N5O4S/c1-2-25-21-5-3-4-6-22(21)34(32,33)28-20-9-7-19(8-10-20)23(30)29-13-11-24(31,12-14-29)15-18-16-26-27-17-18/h2-10,16-17,28,31H,11-15H2,1H3,(H,26,27). The second-order valence-corrected chi connectivity index (χ2v) is 9.99. The maximum atomic E-state index is 12.9. The van der Waals surface area contributed by atoms with E-state index >= 15 is 0 Å². The maximum absolute atomic E-state index is 12.9. The first-order chi connectivity index (χ1) is 16.3. The van der Waals surface area contributed by atoms with Gasteiger partial charge in [-0.15, -0.1) is 0 Å². The molecule has 9 nitrogen and oxygen atoms in total. The largest absolute Gasteiger partial charge is 0.389 e. The predicted molar refractivity (Wildman–Crippen MR) is 130 cm³/mol. The number of aliphatic imine (C=N–C) groups is 1. The van der Waals surface area contributed by atoms with Gasteiger partial charge in [0.25, 0.3) is 15.9 Å². The Kier molecular flexibility index (Phi) is 6.80. The first kappa shape index (κ1) is 23.7. The molecule has 34 heavy (non-hydrogen) atoms. The highest BCUT2D eigenvalue weighted by atomic mass is 32.2. The predicted octanol–water partition coefficient (Wildman–Crippen LogP) is 3.14. The molecule has 2 aromatic carbocycles. The molecule has 0 radical (unpaired) electrons. The van der Waals surface area contributed by atoms with Crippen molar-refractivity contribution < 1.29 is 18.3 Å². The van der Waals surface area contributed by atoms with Gasteiger partial charge in [-0.3, -0.25) is 19.6 Å². The Labute approximate surface area is 198 Å². The van der Waals surface area contributed by atoms with Crippen LogP contribution in [-0.4, -0.2) is 59.4 Å². The molecule has 4 rings (SSSR count). The lowest BCUT2D eigenvalue weighted by Gasteiger charge is -2.38. The first-order valence-corrected chi connectivity index (χ1v) is 12.5. The highest BCUT2D eigenvalue weighted by Gasteiger charge is 2.34. The summed E-state index contributed by atoms with van der Waals surface area (Å²) in [6.07, 6.45) is 6.44. The molecule has 1 saturated heterocycles. The lowest BCUT2D eigenvalue weighted by Crippen LogP contribution is -2.47. The molecule has 1 aromatic heterocycles. The Morgan fingerprint density at radius 2 is 1.91 bits per heavy atom. The van der Waals surface area contributed by atoms with E-state index in [1.165, 1.54) is 12.3 Å². The molecular formula is C24H27N5O4S. The van der Waals surface area contributed by atoms with Crippen molar-refractivity contribution in [1.82, 2.24) is 15.1 Å². The summed E-state index contributed by atoms with van der Waals surface area (Å²) in [6.45, 7) is 2.60. The van der Waals surface area contributed by atoms with Crippen LogP contribution in [0.5, 0.6) is 0 Å². The number of rotatable bonds is 7. The summed E-state index contributed by atoms with van der Waals surface area (Å²) < 4.78 is 28.2. The summed E-state index contributed by atoms with van der Waals surface area (Å²) in [5, 5.41) is 17.5. The third kappa shape index (κ3) is 5.35. The number of nitrogens with one attached hydrogen (secondary N) is 2. The zero-order valence-electron chi connectivity index (χ0n) is 18.8. The smallest absolute Gasteiger partial charge is 0.264 e. The van der Waals surface area contributed by atoms with Gasteiger partial charge >= 0.3 is 0 Å². The molecule has 0 unspecified atom stereocenters. The topological polar surface area (TPSA) is 128 Å². The van der Waals surface area contributed by atoms with Gasteiger partial charge in [0, 0.05) is 43.2 Å². The zero-order chi connectivity index (χ0) is 24.2. The number of para-hydroxylation sites is 1. The van der Waals surface area contributed by atoms with E-state index in [9.17, 15) is 18.3 Å². The van der Waals surface area contributed by atoms with Crippen LogP contribution in [-0.2, 0) is 16.4 Å². The van der Waals surface area contributed by atoms with Crippen LogP contribution in [0.1, 0.15) is 35.7 Å². The van der Waals surface area contributed by atoms with Crippen molar-refractivity contribution in [2.75, 3.05) is 17.8 Å². The summed E-state index contributed by atoms with van der Waals surface area (Å²) in [5.74, 6) is -0.151. The summed E-state index contributed by atoms with van der Waals surface area (Å²) >= 11 is 0. The molecule has 0 bridgehead atoms. The number of piperidine rings is 1. The number of carbonyl (C=O) groups excluding carboxylic acids is 1. The highest BCUT2D eigenvalue weighted by Crippen LogP contribution is 2.28. The van der Waals surface area contributed by atoms with Gasteiger partial charge in [0.15, 0.2) is 0 Å². The molecule has 1 fully saturated rings. The molecule has 3 N–H and O–H groups in total. The maximum Gasteiger partial charge on any atom is 0.264 e. The number of hydrogen-bond donors (Lipinski definition) is 3. The van der Waals surface area contributed by atoms with E-state index in [1.807, 2.05) is 0 Å². The monoisotopic (exact) mass is 481 g/mol. The molecule has 178 valence electrons. The number of aliphatic hydroxyl groups is 1. The number of benzene rings is 2. The van der Waals surface area contributed by atoms with Gasteiger partial charge in [-0.1, -0.05) is 12.1 Å². The number of nitrogens with zero attached hydrogens (tertiary/aromatic N) is 3. The third-order valence-electron chi connectivity index (χ3n) is 5.88. The van der Waals surface area contributed by atoms with Crippen LogP contribution in [0, 0.1) is 0 Å². The number of carbonyl (C=O) groups is 1. The van der Waals surface area contributed by atoms with Crippen LogP contribution in [0.4, 0.5) is 11.4 Å². The van der Waals surface area contributed by atoms with Gasteiger partial charge < -0.3 is 10.0 Å². The molecule has 0 spiro atoms. The second-order valence-electron chi connectivity index (χ2n) is 8.34. The fraction of sp³-hybridized carbons (Fsp3) is 0.292. The zero-order valence-corrected chi connectivity index (χ0v) is 19.6. The van der Waals surface area contributed by atoms with Gasteiger partial charge in [-0.2, -0.15) is 5.10 Å². The van der Waals surface area contributed by atoms with E-state index in [0.29, 0.717) is 49.3 Å². The average molecular weight is 482 g/mol. The van der Waals surface area contributed by atoms with Crippen LogP contribution in [0.25, 0.3) is 0 Å². The molecule has 0 atom stereocenters. The molecule has 3 aromatic rings. The van der Waals surface area contributed by atoms with Crippen molar-refractivity contribution in [1.29, 1.82) is 0 Å². The molecule has 0 saturated carbocycles. The number of likely N-dealkylation sites (tertiary alicyclic amines) is 1. The van der Waals surface area contributed by atoms with Crippen molar-refractivity contribution >= 4 is 33.5 Å². The van der Waals surface area contributed by atoms with E-state index in [1.54, 1.807) is 66.7 Å². The van der Waals surface area contributed by atoms with Crippen molar-refractivity contribution in [3.05, 3.63) is 72.1 Å². The minimum Gasteiger partial charge on any atom is -0.389 e. The quantitative estimate of drug-likeness (QED) is 0.447. The first-order valence-electron chi connectivity index (χ1n) is 11.0. The van der Waals surface area contributed by atoms with Gasteiger partial charge in [0.1, 0.15) is 4.90 Å². The van der Waals surface area contributed by atoms with Crippen LogP contribution in [0.15, 0.2) is 70.8 Å². The summed E-state index contributed by atoms with van der Waals surface area (Å²) in [7, 11) is -3.85. The number of aromatic nitrogens is 2. The van der Waals surface area contributed by atoms with Crippen LogP contribution >= 0.6 is 0 Å². The van der Waals surface area contributed by atoms with Crippen molar-refractivity contribution in [2.24, 2.45) is 4.99 Å². The third-order valence-corrected chi connectivity index (χ3v) is 7.31. The Hall–Kier alpha value is -3.50. The highest BCUT2D eigenvalue weighted by molar-refractivity contribution is 7.92. The number of hydrogen-bond acceptors (Lipinski definition) is 6. The van der Waals surface area contributed by atoms with Gasteiger partial charge in [-0.05, 0) is 61.7 Å². The Morgan fingerprint density at radius 3 is 2.56 bits per heavy atom. The lowest BCUT2D eigenvalue weighted by atomic mass is 9.86. The SMILES string of the molecule is CC=Nc1ccccc1S(=O)(=O)Nc1ccc(C(=O)N2CCC(O)(Cc3cn[nH]c3)CC2)cc1. The van der Waals surface area contributed by atoms with E-state index < -0.39 is 15.6 Å². The molecule has 1 amide bonds. The normalized spacial score (nSPS) is 16.0. The molecule has 1 aliphatic rings.